The molecule has 0 fully saturated rings. The van der Waals surface area contributed by atoms with Crippen molar-refractivity contribution in [3.05, 3.63) is 17.2 Å². The van der Waals surface area contributed by atoms with Crippen molar-refractivity contribution in [3.63, 3.8) is 0 Å². The standard InChI is InChI=1S/C10H12ClNO2/c1-2-6-5-13-9-4-8(12)7(11)3-10(9)14-6/h3-4,6H,2,5,12H2,1H3. The summed E-state index contributed by atoms with van der Waals surface area (Å²) in [6.45, 7) is 2.63. The van der Waals surface area contributed by atoms with Crippen molar-refractivity contribution in [2.45, 2.75) is 19.4 Å². The van der Waals surface area contributed by atoms with E-state index in [1.807, 2.05) is 0 Å². The van der Waals surface area contributed by atoms with E-state index in [0.717, 1.165) is 6.42 Å². The van der Waals surface area contributed by atoms with E-state index in [1.165, 1.54) is 0 Å². The minimum Gasteiger partial charge on any atom is -0.486 e. The highest BCUT2D eigenvalue weighted by molar-refractivity contribution is 6.33. The minimum atomic E-state index is 0.113. The largest absolute Gasteiger partial charge is 0.486 e. The molecule has 2 rings (SSSR count). The van der Waals surface area contributed by atoms with Crippen LogP contribution in [-0.2, 0) is 0 Å². The van der Waals surface area contributed by atoms with Crippen LogP contribution in [0.4, 0.5) is 5.69 Å². The number of ether oxygens (including phenoxy) is 2. The molecule has 3 nitrogen and oxygen atoms in total. The van der Waals surface area contributed by atoms with Gasteiger partial charge in [0.25, 0.3) is 0 Å². The summed E-state index contributed by atoms with van der Waals surface area (Å²) in [5.41, 5.74) is 6.16. The predicted molar refractivity (Wildman–Crippen MR) is 56.1 cm³/mol. The second kappa shape index (κ2) is 3.58. The molecule has 0 saturated carbocycles. The first-order valence-electron chi connectivity index (χ1n) is 4.59. The van der Waals surface area contributed by atoms with Gasteiger partial charge in [0.1, 0.15) is 12.7 Å². The van der Waals surface area contributed by atoms with Gasteiger partial charge in [0.2, 0.25) is 0 Å². The SMILES string of the molecule is CCC1COc2cc(N)c(Cl)cc2O1. The third-order valence-corrected chi connectivity index (χ3v) is 2.56. The third kappa shape index (κ3) is 1.60. The minimum absolute atomic E-state index is 0.113. The number of hydrogen-bond donors (Lipinski definition) is 1. The number of benzene rings is 1. The molecule has 1 aromatic rings. The molecule has 4 heteroatoms. The number of nitrogen functional groups attached to an aromatic ring is 1. The average molecular weight is 214 g/mol. The number of rotatable bonds is 1. The Bertz CT molecular complexity index is 354. The third-order valence-electron chi connectivity index (χ3n) is 2.24. The summed E-state index contributed by atoms with van der Waals surface area (Å²) in [4.78, 5) is 0. The summed E-state index contributed by atoms with van der Waals surface area (Å²) in [5.74, 6) is 1.36. The van der Waals surface area contributed by atoms with Crippen LogP contribution in [0.15, 0.2) is 12.1 Å². The van der Waals surface area contributed by atoms with Crippen molar-refractivity contribution in [3.8, 4) is 11.5 Å². The normalized spacial score (nSPS) is 19.4. The van der Waals surface area contributed by atoms with E-state index in [9.17, 15) is 0 Å². The second-order valence-electron chi connectivity index (χ2n) is 3.28. The molecule has 1 unspecified atom stereocenters. The molecular weight excluding hydrogens is 202 g/mol. The van der Waals surface area contributed by atoms with Crippen LogP contribution >= 0.6 is 11.6 Å². The fourth-order valence-electron chi connectivity index (χ4n) is 1.35. The van der Waals surface area contributed by atoms with Crippen LogP contribution in [0.25, 0.3) is 0 Å². The number of nitrogens with two attached hydrogens (primary N) is 1. The average Bonchev–Trinajstić information content (AvgIpc) is 2.19. The van der Waals surface area contributed by atoms with E-state index in [-0.39, 0.29) is 6.10 Å². The number of anilines is 1. The second-order valence-corrected chi connectivity index (χ2v) is 3.69. The van der Waals surface area contributed by atoms with Gasteiger partial charge in [0.05, 0.1) is 10.7 Å². The van der Waals surface area contributed by atoms with Crippen molar-refractivity contribution in [2.75, 3.05) is 12.3 Å². The molecule has 0 aliphatic carbocycles. The fourth-order valence-corrected chi connectivity index (χ4v) is 1.51. The van der Waals surface area contributed by atoms with Crippen molar-refractivity contribution in [1.29, 1.82) is 0 Å². The zero-order valence-corrected chi connectivity index (χ0v) is 8.67. The lowest BCUT2D eigenvalue weighted by Crippen LogP contribution is -2.28. The van der Waals surface area contributed by atoms with Gasteiger partial charge in [-0.25, -0.2) is 0 Å². The Morgan fingerprint density at radius 1 is 1.50 bits per heavy atom. The molecule has 0 bridgehead atoms. The molecule has 0 saturated heterocycles. The topological polar surface area (TPSA) is 44.5 Å². The van der Waals surface area contributed by atoms with Gasteiger partial charge < -0.3 is 15.2 Å². The molecule has 0 spiro atoms. The van der Waals surface area contributed by atoms with E-state index in [4.69, 9.17) is 26.8 Å². The molecule has 2 N–H and O–H groups in total. The molecule has 1 aromatic carbocycles. The first-order chi connectivity index (χ1) is 6.70. The van der Waals surface area contributed by atoms with Crippen LogP contribution in [0.5, 0.6) is 11.5 Å². The van der Waals surface area contributed by atoms with E-state index < -0.39 is 0 Å². The van der Waals surface area contributed by atoms with Gasteiger partial charge in [0.15, 0.2) is 11.5 Å². The number of hydrogen-bond acceptors (Lipinski definition) is 3. The Hall–Kier alpha value is -1.09. The van der Waals surface area contributed by atoms with Crippen LogP contribution in [0.1, 0.15) is 13.3 Å². The summed E-state index contributed by atoms with van der Waals surface area (Å²) in [5, 5.41) is 0.504. The monoisotopic (exact) mass is 213 g/mol. The summed E-state index contributed by atoms with van der Waals surface area (Å²) in [6.07, 6.45) is 1.03. The maximum absolute atomic E-state index is 5.88. The predicted octanol–water partition coefficient (Wildman–Crippen LogP) is 2.47. The highest BCUT2D eigenvalue weighted by Gasteiger charge is 2.20. The van der Waals surface area contributed by atoms with Crippen LogP contribution in [-0.4, -0.2) is 12.7 Å². The Morgan fingerprint density at radius 3 is 3.00 bits per heavy atom. The molecule has 0 aromatic heterocycles. The zero-order valence-electron chi connectivity index (χ0n) is 7.92. The van der Waals surface area contributed by atoms with Gasteiger partial charge in [-0.2, -0.15) is 0 Å². The number of fused-ring (bicyclic) bond motifs is 1. The molecule has 14 heavy (non-hydrogen) atoms. The quantitative estimate of drug-likeness (QED) is 0.729. The molecule has 0 radical (unpaired) electrons. The lowest BCUT2D eigenvalue weighted by molar-refractivity contribution is 0.0885. The molecule has 1 aliphatic heterocycles. The highest BCUT2D eigenvalue weighted by Crippen LogP contribution is 2.37. The summed E-state index contributed by atoms with van der Waals surface area (Å²) in [6, 6.07) is 3.40. The van der Waals surface area contributed by atoms with Gasteiger partial charge in [-0.3, -0.25) is 0 Å². The van der Waals surface area contributed by atoms with Crippen LogP contribution < -0.4 is 15.2 Å². The van der Waals surface area contributed by atoms with E-state index in [2.05, 4.69) is 6.92 Å². The summed E-state index contributed by atoms with van der Waals surface area (Å²) in [7, 11) is 0. The van der Waals surface area contributed by atoms with Crippen LogP contribution in [0.2, 0.25) is 5.02 Å². The molecule has 76 valence electrons. The van der Waals surface area contributed by atoms with Gasteiger partial charge in [-0.15, -0.1) is 0 Å². The smallest absolute Gasteiger partial charge is 0.163 e. The Morgan fingerprint density at radius 2 is 2.29 bits per heavy atom. The maximum atomic E-state index is 5.88. The van der Waals surface area contributed by atoms with Crippen molar-refractivity contribution in [2.24, 2.45) is 0 Å². The molecule has 1 atom stereocenters. The van der Waals surface area contributed by atoms with Gasteiger partial charge >= 0.3 is 0 Å². The van der Waals surface area contributed by atoms with Gasteiger partial charge in [0, 0.05) is 12.1 Å². The van der Waals surface area contributed by atoms with Crippen LogP contribution in [0.3, 0.4) is 0 Å². The van der Waals surface area contributed by atoms with E-state index in [1.54, 1.807) is 12.1 Å². The first kappa shape index (κ1) is 9.46. The summed E-state index contributed by atoms with van der Waals surface area (Å²) >= 11 is 5.88. The fraction of sp³-hybridized carbons (Fsp3) is 0.400. The highest BCUT2D eigenvalue weighted by atomic mass is 35.5. The molecule has 1 aliphatic rings. The number of halogens is 1. The van der Waals surface area contributed by atoms with Crippen molar-refractivity contribution < 1.29 is 9.47 Å². The lowest BCUT2D eigenvalue weighted by Gasteiger charge is -2.26. The van der Waals surface area contributed by atoms with Crippen LogP contribution in [0, 0.1) is 0 Å². The maximum Gasteiger partial charge on any atom is 0.163 e. The molecular formula is C10H12ClNO2. The Labute approximate surface area is 87.8 Å². The van der Waals surface area contributed by atoms with E-state index in [0.29, 0.717) is 28.8 Å². The van der Waals surface area contributed by atoms with Crippen molar-refractivity contribution in [1.82, 2.24) is 0 Å². The van der Waals surface area contributed by atoms with E-state index >= 15 is 0 Å². The van der Waals surface area contributed by atoms with Crippen molar-refractivity contribution >= 4 is 17.3 Å². The summed E-state index contributed by atoms with van der Waals surface area (Å²) < 4.78 is 11.2. The first-order valence-corrected chi connectivity index (χ1v) is 4.97. The Balaban J connectivity index is 2.33. The Kier molecular flexibility index (Phi) is 2.42. The molecule has 0 amide bonds. The lowest BCUT2D eigenvalue weighted by atomic mass is 10.2. The van der Waals surface area contributed by atoms with Gasteiger partial charge in [-0.1, -0.05) is 18.5 Å². The van der Waals surface area contributed by atoms with Gasteiger partial charge in [-0.05, 0) is 6.42 Å². The zero-order chi connectivity index (χ0) is 10.1. The molecule has 1 heterocycles.